The van der Waals surface area contributed by atoms with E-state index in [9.17, 15) is 18.0 Å². The summed E-state index contributed by atoms with van der Waals surface area (Å²) in [5, 5.41) is 0. The van der Waals surface area contributed by atoms with Gasteiger partial charge < -0.3 is 23.8 Å². The molecular formula is C24H26F3NO6. The first-order chi connectivity index (χ1) is 16.3. The van der Waals surface area contributed by atoms with E-state index in [-0.39, 0.29) is 30.1 Å². The van der Waals surface area contributed by atoms with Gasteiger partial charge in [0.05, 0.1) is 33.5 Å². The molecule has 0 spiro atoms. The van der Waals surface area contributed by atoms with E-state index in [1.54, 1.807) is 11.0 Å². The van der Waals surface area contributed by atoms with E-state index in [4.69, 9.17) is 18.9 Å². The smallest absolute Gasteiger partial charge is 0.493 e. The Bertz CT molecular complexity index is 986. The fourth-order valence-electron chi connectivity index (χ4n) is 4.40. The Morgan fingerprint density at radius 2 is 1.91 bits per heavy atom. The van der Waals surface area contributed by atoms with E-state index in [0.717, 1.165) is 5.56 Å². The van der Waals surface area contributed by atoms with Gasteiger partial charge in [-0.25, -0.2) is 0 Å². The molecule has 2 saturated heterocycles. The summed E-state index contributed by atoms with van der Waals surface area (Å²) in [6, 6.07) is 14.5. The Kier molecular flexibility index (Phi) is 7.30. The van der Waals surface area contributed by atoms with Crippen molar-refractivity contribution in [3.63, 3.8) is 0 Å². The van der Waals surface area contributed by atoms with Crippen LogP contribution in [-0.2, 0) is 19.8 Å². The second-order valence-electron chi connectivity index (χ2n) is 7.97. The lowest BCUT2D eigenvalue weighted by Gasteiger charge is -2.49. The molecule has 0 aliphatic carbocycles. The number of amides is 1. The second-order valence-corrected chi connectivity index (χ2v) is 7.97. The van der Waals surface area contributed by atoms with E-state index in [0.29, 0.717) is 38.3 Å². The molecule has 2 aromatic rings. The van der Waals surface area contributed by atoms with Gasteiger partial charge in [0.2, 0.25) is 0 Å². The first-order valence-corrected chi connectivity index (χ1v) is 10.9. The summed E-state index contributed by atoms with van der Waals surface area (Å²) in [6.07, 6.45) is -4.44. The van der Waals surface area contributed by atoms with Crippen molar-refractivity contribution >= 4 is 5.91 Å². The van der Waals surface area contributed by atoms with Gasteiger partial charge in [-0.3, -0.25) is 9.53 Å². The van der Waals surface area contributed by atoms with E-state index >= 15 is 0 Å². The van der Waals surface area contributed by atoms with Crippen LogP contribution in [0.4, 0.5) is 13.2 Å². The zero-order valence-corrected chi connectivity index (χ0v) is 18.7. The number of carbonyl (C=O) groups excluding carboxylic acids is 1. The number of alkyl halides is 3. The number of fused-ring (bicyclic) bond motifs is 1. The predicted octanol–water partition coefficient (Wildman–Crippen LogP) is 3.77. The summed E-state index contributed by atoms with van der Waals surface area (Å²) in [5.41, 5.74) is 0.814. The van der Waals surface area contributed by atoms with Gasteiger partial charge in [0.15, 0.2) is 11.5 Å². The summed E-state index contributed by atoms with van der Waals surface area (Å²) in [7, 11) is 1.39. The molecule has 0 unspecified atom stereocenters. The van der Waals surface area contributed by atoms with Crippen LogP contribution in [0.1, 0.15) is 22.3 Å². The van der Waals surface area contributed by atoms with Crippen molar-refractivity contribution in [2.45, 2.75) is 24.5 Å². The fraction of sp³-hybridized carbons (Fsp3) is 0.458. The molecule has 2 aliphatic rings. The molecule has 184 valence electrons. The second kappa shape index (κ2) is 10.2. The van der Waals surface area contributed by atoms with E-state index in [1.807, 2.05) is 30.3 Å². The number of benzene rings is 2. The van der Waals surface area contributed by atoms with Crippen LogP contribution in [0, 0.1) is 0 Å². The van der Waals surface area contributed by atoms with Crippen molar-refractivity contribution in [3.8, 4) is 11.5 Å². The summed E-state index contributed by atoms with van der Waals surface area (Å²) in [6.45, 7) is 0.806. The minimum atomic E-state index is -4.72. The van der Waals surface area contributed by atoms with Crippen molar-refractivity contribution in [1.82, 2.24) is 4.90 Å². The first-order valence-electron chi connectivity index (χ1n) is 10.9. The molecule has 2 atom stereocenters. The van der Waals surface area contributed by atoms with Crippen LogP contribution in [0.3, 0.4) is 0 Å². The Hall–Kier alpha value is -2.82. The van der Waals surface area contributed by atoms with Crippen molar-refractivity contribution in [2.75, 3.05) is 46.6 Å². The zero-order valence-electron chi connectivity index (χ0n) is 18.7. The molecule has 4 rings (SSSR count). The Morgan fingerprint density at radius 1 is 1.12 bits per heavy atom. The van der Waals surface area contributed by atoms with Gasteiger partial charge in [0, 0.05) is 18.5 Å². The van der Waals surface area contributed by atoms with Crippen LogP contribution in [-0.4, -0.2) is 69.9 Å². The third kappa shape index (κ3) is 5.29. The number of carbonyl (C=O) groups is 1. The average molecular weight is 481 g/mol. The average Bonchev–Trinajstić information content (AvgIpc) is 2.85. The number of methoxy groups -OCH3 is 1. The molecule has 2 fully saturated rings. The third-order valence-electron chi connectivity index (χ3n) is 5.99. The maximum Gasteiger partial charge on any atom is 0.522 e. The van der Waals surface area contributed by atoms with Gasteiger partial charge in [-0.2, -0.15) is 0 Å². The largest absolute Gasteiger partial charge is 0.522 e. The summed E-state index contributed by atoms with van der Waals surface area (Å²) in [4.78, 5) is 15.0. The standard InChI is InChI=1S/C24H26F3NO6/c1-30-20-15-17(7-8-19(20)31-11-14-34-24(25,26)27)22(29)28-10-9-23(18-5-3-2-4-6-18)21(16-28)32-12-13-33-23/h2-8,15,21H,9-14,16H2,1H3/t21-,23-/m1/s1. The van der Waals surface area contributed by atoms with Crippen LogP contribution in [0.2, 0.25) is 0 Å². The molecule has 10 heteroatoms. The number of likely N-dealkylation sites (tertiary alicyclic amines) is 1. The molecule has 34 heavy (non-hydrogen) atoms. The van der Waals surface area contributed by atoms with Crippen LogP contribution in [0.5, 0.6) is 11.5 Å². The topological polar surface area (TPSA) is 66.5 Å². The SMILES string of the molecule is COc1cc(C(=O)N2CC[C@]3(c4ccccc4)OCCO[C@@H]3C2)ccc1OCCOC(F)(F)F. The van der Waals surface area contributed by atoms with Crippen LogP contribution >= 0.6 is 0 Å². The van der Waals surface area contributed by atoms with Crippen molar-refractivity contribution < 1.29 is 41.7 Å². The highest BCUT2D eigenvalue weighted by atomic mass is 19.4. The van der Waals surface area contributed by atoms with Gasteiger partial charge in [0.25, 0.3) is 5.91 Å². The molecule has 2 aliphatic heterocycles. The Morgan fingerprint density at radius 3 is 2.65 bits per heavy atom. The highest BCUT2D eigenvalue weighted by Gasteiger charge is 2.49. The molecule has 2 heterocycles. The lowest BCUT2D eigenvalue weighted by molar-refractivity contribution is -0.325. The summed E-state index contributed by atoms with van der Waals surface area (Å²) in [5.74, 6) is 0.252. The van der Waals surface area contributed by atoms with Gasteiger partial charge in [-0.1, -0.05) is 30.3 Å². The molecule has 0 bridgehead atoms. The quantitative estimate of drug-likeness (QED) is 0.561. The number of rotatable bonds is 7. The number of hydrogen-bond donors (Lipinski definition) is 0. The Balaban J connectivity index is 1.44. The van der Waals surface area contributed by atoms with Crippen LogP contribution in [0.25, 0.3) is 0 Å². The molecule has 2 aromatic carbocycles. The highest BCUT2D eigenvalue weighted by Crippen LogP contribution is 2.41. The highest BCUT2D eigenvalue weighted by molar-refractivity contribution is 5.95. The van der Waals surface area contributed by atoms with Crippen molar-refractivity contribution in [3.05, 3.63) is 59.7 Å². The van der Waals surface area contributed by atoms with E-state index in [1.165, 1.54) is 19.2 Å². The van der Waals surface area contributed by atoms with Gasteiger partial charge >= 0.3 is 6.36 Å². The van der Waals surface area contributed by atoms with Crippen LogP contribution < -0.4 is 9.47 Å². The third-order valence-corrected chi connectivity index (χ3v) is 5.99. The monoisotopic (exact) mass is 481 g/mol. The Labute approximate surface area is 195 Å². The molecule has 0 radical (unpaired) electrons. The predicted molar refractivity (Wildman–Crippen MR) is 115 cm³/mol. The number of halogens is 3. The number of piperidine rings is 1. The number of ether oxygens (including phenoxy) is 5. The normalized spacial score (nSPS) is 22.7. The molecule has 0 N–H and O–H groups in total. The van der Waals surface area contributed by atoms with Crippen LogP contribution in [0.15, 0.2) is 48.5 Å². The minimum absolute atomic E-state index is 0.207. The zero-order chi connectivity index (χ0) is 24.2. The van der Waals surface area contributed by atoms with E-state index < -0.39 is 18.6 Å². The minimum Gasteiger partial charge on any atom is -0.493 e. The maximum absolute atomic E-state index is 13.3. The lowest BCUT2D eigenvalue weighted by atomic mass is 9.81. The van der Waals surface area contributed by atoms with Crippen molar-refractivity contribution in [2.24, 2.45) is 0 Å². The van der Waals surface area contributed by atoms with Gasteiger partial charge in [0.1, 0.15) is 18.3 Å². The molecule has 0 saturated carbocycles. The molecule has 1 amide bonds. The summed E-state index contributed by atoms with van der Waals surface area (Å²) >= 11 is 0. The fourth-order valence-corrected chi connectivity index (χ4v) is 4.40. The molecule has 7 nitrogen and oxygen atoms in total. The lowest BCUT2D eigenvalue weighted by Crippen LogP contribution is -2.59. The first kappa shape index (κ1) is 24.3. The van der Waals surface area contributed by atoms with E-state index in [2.05, 4.69) is 4.74 Å². The summed E-state index contributed by atoms with van der Waals surface area (Å²) < 4.78 is 62.9. The number of nitrogens with zero attached hydrogens (tertiary/aromatic N) is 1. The van der Waals surface area contributed by atoms with Gasteiger partial charge in [-0.15, -0.1) is 13.2 Å². The number of hydrogen-bond acceptors (Lipinski definition) is 6. The molecule has 0 aromatic heterocycles. The van der Waals surface area contributed by atoms with Crippen molar-refractivity contribution in [1.29, 1.82) is 0 Å². The van der Waals surface area contributed by atoms with Gasteiger partial charge in [-0.05, 0) is 23.8 Å². The molecular weight excluding hydrogens is 455 g/mol. The maximum atomic E-state index is 13.3.